The molecule has 4 aromatic carbocycles. The molecular weight excluding hydrogens is 379 g/mol. The van der Waals surface area contributed by atoms with Crippen molar-refractivity contribution in [1.82, 2.24) is 0 Å². The van der Waals surface area contributed by atoms with Crippen LogP contribution in [0.25, 0.3) is 6.08 Å². The molecule has 1 unspecified atom stereocenters. The lowest BCUT2D eigenvalue weighted by atomic mass is 9.88. The Morgan fingerprint density at radius 3 is 1.87 bits per heavy atom. The molecule has 0 saturated carbocycles. The standard InChI is InChI=1S/C29H25P/c1-21-17-18-27(29-22(2)20-23-11-9-10-16-26(23)29)28(19-21)30(24-12-5-3-6-13-24)25-14-7-4-8-15-25/h3-20,29H,1-2H3. The zero-order valence-electron chi connectivity index (χ0n) is 17.4. The fourth-order valence-electron chi connectivity index (χ4n) is 4.56. The molecule has 0 radical (unpaired) electrons. The molecule has 0 fully saturated rings. The Hall–Kier alpha value is -2.95. The van der Waals surface area contributed by atoms with Crippen molar-refractivity contribution < 1.29 is 0 Å². The second-order valence-electron chi connectivity index (χ2n) is 8.02. The van der Waals surface area contributed by atoms with Gasteiger partial charge in [0.2, 0.25) is 0 Å². The molecule has 0 aromatic heterocycles. The van der Waals surface area contributed by atoms with Crippen LogP contribution < -0.4 is 15.9 Å². The summed E-state index contributed by atoms with van der Waals surface area (Å²) < 4.78 is 0. The van der Waals surface area contributed by atoms with Crippen LogP contribution in [-0.4, -0.2) is 0 Å². The highest BCUT2D eigenvalue weighted by molar-refractivity contribution is 7.79. The summed E-state index contributed by atoms with van der Waals surface area (Å²) in [6.45, 7) is 4.49. The highest BCUT2D eigenvalue weighted by atomic mass is 31.1. The van der Waals surface area contributed by atoms with E-state index in [0.717, 1.165) is 0 Å². The Kier molecular flexibility index (Phi) is 5.11. The van der Waals surface area contributed by atoms with Crippen molar-refractivity contribution in [1.29, 1.82) is 0 Å². The molecule has 1 aliphatic carbocycles. The third kappa shape index (κ3) is 3.42. The first-order chi connectivity index (χ1) is 14.7. The van der Waals surface area contributed by atoms with E-state index in [0.29, 0.717) is 5.92 Å². The summed E-state index contributed by atoms with van der Waals surface area (Å²) in [4.78, 5) is 0. The van der Waals surface area contributed by atoms with E-state index >= 15 is 0 Å². The SMILES string of the molecule is CC1=Cc2ccccc2C1c1ccc(C)cc1P(c1ccccc1)c1ccccc1. The van der Waals surface area contributed by atoms with Crippen LogP contribution in [0.1, 0.15) is 35.1 Å². The van der Waals surface area contributed by atoms with Gasteiger partial charge in [0, 0.05) is 5.92 Å². The third-order valence-electron chi connectivity index (χ3n) is 5.91. The van der Waals surface area contributed by atoms with E-state index in [9.17, 15) is 0 Å². The van der Waals surface area contributed by atoms with Crippen molar-refractivity contribution in [3.8, 4) is 0 Å². The zero-order chi connectivity index (χ0) is 20.5. The molecule has 0 aliphatic heterocycles. The Bertz CT molecular complexity index is 1170. The van der Waals surface area contributed by atoms with Crippen LogP contribution in [0.4, 0.5) is 0 Å². The lowest BCUT2D eigenvalue weighted by Gasteiger charge is -2.26. The van der Waals surface area contributed by atoms with Gasteiger partial charge in [0.25, 0.3) is 0 Å². The number of allylic oxidation sites excluding steroid dienone is 1. The minimum atomic E-state index is -0.635. The van der Waals surface area contributed by atoms with Crippen molar-refractivity contribution in [3.05, 3.63) is 131 Å². The maximum absolute atomic E-state index is 2.43. The minimum absolute atomic E-state index is 0.328. The van der Waals surface area contributed by atoms with Gasteiger partial charge in [-0.15, -0.1) is 0 Å². The average Bonchev–Trinajstić information content (AvgIpc) is 3.11. The first kappa shape index (κ1) is 19.0. The average molecular weight is 404 g/mol. The lowest BCUT2D eigenvalue weighted by molar-refractivity contribution is 0.984. The van der Waals surface area contributed by atoms with E-state index in [1.54, 1.807) is 0 Å². The molecule has 0 N–H and O–H groups in total. The van der Waals surface area contributed by atoms with Crippen molar-refractivity contribution in [2.45, 2.75) is 19.8 Å². The molecule has 0 amide bonds. The Morgan fingerprint density at radius 2 is 1.20 bits per heavy atom. The summed E-state index contributed by atoms with van der Waals surface area (Å²) in [6.07, 6.45) is 2.36. The van der Waals surface area contributed by atoms with Gasteiger partial charge in [0.05, 0.1) is 0 Å². The molecule has 1 aliphatic rings. The van der Waals surface area contributed by atoms with E-state index in [1.165, 1.54) is 43.7 Å². The topological polar surface area (TPSA) is 0 Å². The van der Waals surface area contributed by atoms with Gasteiger partial charge in [-0.1, -0.05) is 120 Å². The van der Waals surface area contributed by atoms with E-state index in [-0.39, 0.29) is 0 Å². The van der Waals surface area contributed by atoms with Gasteiger partial charge < -0.3 is 0 Å². The second-order valence-corrected chi connectivity index (χ2v) is 10.2. The van der Waals surface area contributed by atoms with E-state index in [4.69, 9.17) is 0 Å². The molecule has 5 rings (SSSR count). The first-order valence-corrected chi connectivity index (χ1v) is 11.8. The van der Waals surface area contributed by atoms with E-state index in [2.05, 4.69) is 123 Å². The largest absolute Gasteiger partial charge is 0.0622 e. The monoisotopic (exact) mass is 404 g/mol. The van der Waals surface area contributed by atoms with Crippen molar-refractivity contribution in [3.63, 3.8) is 0 Å². The number of benzene rings is 4. The summed E-state index contributed by atoms with van der Waals surface area (Å²) >= 11 is 0. The van der Waals surface area contributed by atoms with Crippen LogP contribution in [0, 0.1) is 6.92 Å². The lowest BCUT2D eigenvalue weighted by Crippen LogP contribution is -2.25. The third-order valence-corrected chi connectivity index (χ3v) is 8.41. The van der Waals surface area contributed by atoms with Crippen molar-refractivity contribution in [2.24, 2.45) is 0 Å². The summed E-state index contributed by atoms with van der Waals surface area (Å²) in [7, 11) is -0.635. The molecule has 1 atom stereocenters. The predicted octanol–water partition coefficient (Wildman–Crippen LogP) is 6.30. The maximum Gasteiger partial charge on any atom is 0.0312 e. The van der Waals surface area contributed by atoms with Crippen molar-refractivity contribution in [2.75, 3.05) is 0 Å². The smallest absolute Gasteiger partial charge is 0.0312 e. The first-order valence-electron chi connectivity index (χ1n) is 10.5. The molecule has 0 saturated heterocycles. The molecule has 146 valence electrons. The fourth-order valence-corrected chi connectivity index (χ4v) is 7.15. The molecule has 4 aromatic rings. The molecule has 1 heteroatoms. The fraction of sp³-hybridized carbons (Fsp3) is 0.103. The highest BCUT2D eigenvalue weighted by Crippen LogP contribution is 2.44. The molecule has 0 bridgehead atoms. The minimum Gasteiger partial charge on any atom is -0.0622 e. The zero-order valence-corrected chi connectivity index (χ0v) is 18.3. The van der Waals surface area contributed by atoms with Gasteiger partial charge >= 0.3 is 0 Å². The van der Waals surface area contributed by atoms with Crippen LogP contribution in [0.15, 0.2) is 109 Å². The summed E-state index contributed by atoms with van der Waals surface area (Å²) in [5.74, 6) is 0.328. The number of fused-ring (bicyclic) bond motifs is 1. The van der Waals surface area contributed by atoms with Crippen LogP contribution in [0.5, 0.6) is 0 Å². The molecular formula is C29H25P. The Balaban J connectivity index is 1.74. The van der Waals surface area contributed by atoms with Gasteiger partial charge in [-0.3, -0.25) is 0 Å². The van der Waals surface area contributed by atoms with Gasteiger partial charge in [-0.2, -0.15) is 0 Å². The number of hydrogen-bond acceptors (Lipinski definition) is 0. The highest BCUT2D eigenvalue weighted by Gasteiger charge is 2.29. The summed E-state index contributed by atoms with van der Waals surface area (Å²) in [6, 6.07) is 38.0. The van der Waals surface area contributed by atoms with Crippen LogP contribution in [-0.2, 0) is 0 Å². The van der Waals surface area contributed by atoms with E-state index in [1.807, 2.05) is 0 Å². The number of hydrogen-bond donors (Lipinski definition) is 0. The number of rotatable bonds is 4. The quantitative estimate of drug-likeness (QED) is 0.350. The maximum atomic E-state index is 2.43. The second kappa shape index (κ2) is 8.05. The van der Waals surface area contributed by atoms with Gasteiger partial charge in [0.15, 0.2) is 0 Å². The van der Waals surface area contributed by atoms with Crippen LogP contribution in [0.2, 0.25) is 0 Å². The molecule has 0 heterocycles. The summed E-state index contributed by atoms with van der Waals surface area (Å²) in [5, 5.41) is 4.27. The molecule has 30 heavy (non-hydrogen) atoms. The Labute approximate surface area is 180 Å². The van der Waals surface area contributed by atoms with Crippen molar-refractivity contribution >= 4 is 29.9 Å². The van der Waals surface area contributed by atoms with Crippen LogP contribution >= 0.6 is 7.92 Å². The van der Waals surface area contributed by atoms with Gasteiger partial charge in [-0.25, -0.2) is 0 Å². The van der Waals surface area contributed by atoms with Gasteiger partial charge in [0.1, 0.15) is 0 Å². The Morgan fingerprint density at radius 1 is 0.600 bits per heavy atom. The number of aryl methyl sites for hydroxylation is 1. The molecule has 0 nitrogen and oxygen atoms in total. The normalized spacial score (nSPS) is 15.2. The van der Waals surface area contributed by atoms with Gasteiger partial charge in [-0.05, 0) is 54.4 Å². The van der Waals surface area contributed by atoms with E-state index < -0.39 is 7.92 Å². The summed E-state index contributed by atoms with van der Waals surface area (Å²) in [5.41, 5.74) is 6.97. The van der Waals surface area contributed by atoms with Crippen LogP contribution in [0.3, 0.4) is 0 Å². The predicted molar refractivity (Wildman–Crippen MR) is 132 cm³/mol. The molecule has 0 spiro atoms.